The lowest BCUT2D eigenvalue weighted by atomic mass is 10.1. The molecule has 0 rings (SSSR count). The van der Waals surface area contributed by atoms with Crippen LogP contribution in [0.5, 0.6) is 0 Å². The zero-order chi connectivity index (χ0) is 45.8. The molecule has 0 aliphatic carbocycles. The van der Waals surface area contributed by atoms with Gasteiger partial charge in [-0.1, -0.05) is 196 Å². The molecule has 0 saturated carbocycles. The summed E-state index contributed by atoms with van der Waals surface area (Å²) in [6.45, 7) is 6.50. The minimum Gasteiger partial charge on any atom is -0.462 e. The van der Waals surface area contributed by atoms with Gasteiger partial charge >= 0.3 is 17.9 Å². The quantitative estimate of drug-likeness (QED) is 0.0262. The van der Waals surface area contributed by atoms with Crippen LogP contribution in [0.3, 0.4) is 0 Å². The van der Waals surface area contributed by atoms with Gasteiger partial charge in [-0.15, -0.1) is 0 Å². The zero-order valence-corrected chi connectivity index (χ0v) is 41.3. The molecule has 0 radical (unpaired) electrons. The van der Waals surface area contributed by atoms with Crippen LogP contribution >= 0.6 is 0 Å². The predicted molar refractivity (Wildman–Crippen MR) is 270 cm³/mol. The zero-order valence-electron chi connectivity index (χ0n) is 41.3. The predicted octanol–water partition coefficient (Wildman–Crippen LogP) is 17.4. The van der Waals surface area contributed by atoms with Crippen LogP contribution in [-0.2, 0) is 28.6 Å². The smallest absolute Gasteiger partial charge is 0.306 e. The van der Waals surface area contributed by atoms with E-state index in [2.05, 4.69) is 93.7 Å². The first-order valence-corrected chi connectivity index (χ1v) is 26.4. The van der Waals surface area contributed by atoms with E-state index in [1.807, 2.05) is 0 Å². The third-order valence-electron chi connectivity index (χ3n) is 11.2. The lowest BCUT2D eigenvalue weighted by Crippen LogP contribution is -2.30. The van der Waals surface area contributed by atoms with Crippen molar-refractivity contribution in [2.24, 2.45) is 0 Å². The fourth-order valence-electron chi connectivity index (χ4n) is 7.11. The molecule has 0 aromatic carbocycles. The summed E-state index contributed by atoms with van der Waals surface area (Å²) >= 11 is 0. The number of unbranched alkanes of at least 4 members (excludes halogenated alkanes) is 24. The van der Waals surface area contributed by atoms with Gasteiger partial charge in [0.05, 0.1) is 0 Å². The summed E-state index contributed by atoms with van der Waals surface area (Å²) in [5.41, 5.74) is 0. The number of esters is 3. The minimum absolute atomic E-state index is 0.0937. The fourth-order valence-corrected chi connectivity index (χ4v) is 7.11. The Morgan fingerprint density at radius 2 is 0.587 bits per heavy atom. The molecular formula is C57H98O6. The van der Waals surface area contributed by atoms with E-state index < -0.39 is 6.10 Å². The van der Waals surface area contributed by atoms with E-state index >= 15 is 0 Å². The summed E-state index contributed by atoms with van der Waals surface area (Å²) in [5, 5.41) is 0. The van der Waals surface area contributed by atoms with Crippen molar-refractivity contribution < 1.29 is 28.6 Å². The van der Waals surface area contributed by atoms with Gasteiger partial charge in [-0.05, 0) is 109 Å². The average molecular weight is 879 g/mol. The van der Waals surface area contributed by atoms with Gasteiger partial charge in [-0.2, -0.15) is 0 Å². The number of ether oxygens (including phenoxy) is 3. The maximum Gasteiger partial charge on any atom is 0.306 e. The number of allylic oxidation sites excluding steroid dienone is 12. The standard InChI is InChI=1S/C57H98O6/c1-4-7-10-13-16-19-22-24-26-27-28-29-31-33-36-39-42-45-48-51-57(60)63-54(52-61-55(58)49-46-43-40-37-34-21-18-15-12-9-6-3)53-62-56(59)50-47-44-41-38-35-32-30-25-23-20-17-14-11-8-5-2/h15-20,24-26,30,35,38,54H,4-14,21-23,27-29,31-34,36-37,39-53H2,1-3H3/b18-15-,19-16-,20-17-,26-24-,30-25-,38-35-/t54-/m0/s1. The molecule has 0 aliphatic rings. The Kier molecular flexibility index (Phi) is 48.9. The van der Waals surface area contributed by atoms with Crippen LogP contribution < -0.4 is 0 Å². The van der Waals surface area contributed by atoms with Gasteiger partial charge in [0, 0.05) is 19.3 Å². The average Bonchev–Trinajstić information content (AvgIpc) is 3.28. The molecule has 362 valence electrons. The third-order valence-corrected chi connectivity index (χ3v) is 11.2. The van der Waals surface area contributed by atoms with E-state index in [0.29, 0.717) is 19.3 Å². The molecule has 0 unspecified atom stereocenters. The minimum atomic E-state index is -0.795. The molecule has 0 bridgehead atoms. The van der Waals surface area contributed by atoms with Crippen LogP contribution in [0.1, 0.15) is 252 Å². The van der Waals surface area contributed by atoms with E-state index in [9.17, 15) is 14.4 Å². The molecule has 0 aliphatic heterocycles. The molecule has 0 saturated heterocycles. The second-order valence-electron chi connectivity index (χ2n) is 17.4. The van der Waals surface area contributed by atoms with E-state index in [1.165, 1.54) is 128 Å². The molecule has 6 nitrogen and oxygen atoms in total. The molecule has 1 atom stereocenters. The van der Waals surface area contributed by atoms with Crippen molar-refractivity contribution in [2.45, 2.75) is 258 Å². The molecule has 0 spiro atoms. The molecule has 0 amide bonds. The van der Waals surface area contributed by atoms with E-state index in [-0.39, 0.29) is 31.1 Å². The van der Waals surface area contributed by atoms with Crippen LogP contribution in [0.4, 0.5) is 0 Å². The van der Waals surface area contributed by atoms with Crippen molar-refractivity contribution in [1.29, 1.82) is 0 Å². The second kappa shape index (κ2) is 51.5. The van der Waals surface area contributed by atoms with Gasteiger partial charge in [0.1, 0.15) is 13.2 Å². The van der Waals surface area contributed by atoms with Crippen molar-refractivity contribution in [2.75, 3.05) is 13.2 Å². The van der Waals surface area contributed by atoms with Crippen molar-refractivity contribution >= 4 is 17.9 Å². The lowest BCUT2D eigenvalue weighted by Gasteiger charge is -2.18. The first kappa shape index (κ1) is 59.9. The van der Waals surface area contributed by atoms with Gasteiger partial charge in [-0.3, -0.25) is 14.4 Å². The van der Waals surface area contributed by atoms with Gasteiger partial charge < -0.3 is 14.2 Å². The van der Waals surface area contributed by atoms with Gasteiger partial charge in [0.2, 0.25) is 0 Å². The van der Waals surface area contributed by atoms with Crippen LogP contribution in [0.15, 0.2) is 72.9 Å². The number of hydrogen-bond acceptors (Lipinski definition) is 6. The highest BCUT2D eigenvalue weighted by Gasteiger charge is 2.19. The SMILES string of the molecule is CCCC/C=C\CCCCCCCC(=O)OC[C@@H](COC(=O)CCCC/C=C\C/C=C\C/C=C\CCCCC)OC(=O)CCCCCCCCCCC/C=C\C/C=C\CCCCC. The Bertz CT molecular complexity index is 1190. The number of carbonyl (C=O) groups is 3. The van der Waals surface area contributed by atoms with Crippen LogP contribution in [-0.4, -0.2) is 37.2 Å². The number of rotatable bonds is 47. The molecule has 0 N–H and O–H groups in total. The molecule has 0 aromatic rings. The maximum atomic E-state index is 12.8. The van der Waals surface area contributed by atoms with Gasteiger partial charge in [0.15, 0.2) is 6.10 Å². The molecular weight excluding hydrogens is 781 g/mol. The van der Waals surface area contributed by atoms with Crippen molar-refractivity contribution in [1.82, 2.24) is 0 Å². The van der Waals surface area contributed by atoms with Crippen LogP contribution in [0, 0.1) is 0 Å². The molecule has 0 fully saturated rings. The van der Waals surface area contributed by atoms with E-state index in [4.69, 9.17) is 14.2 Å². The highest BCUT2D eigenvalue weighted by atomic mass is 16.6. The van der Waals surface area contributed by atoms with Crippen LogP contribution in [0.25, 0.3) is 0 Å². The highest BCUT2D eigenvalue weighted by Crippen LogP contribution is 2.14. The lowest BCUT2D eigenvalue weighted by molar-refractivity contribution is -0.167. The summed E-state index contributed by atoms with van der Waals surface area (Å²) in [7, 11) is 0. The summed E-state index contributed by atoms with van der Waals surface area (Å²) in [4.78, 5) is 38.0. The first-order valence-electron chi connectivity index (χ1n) is 26.4. The van der Waals surface area contributed by atoms with Gasteiger partial charge in [0.25, 0.3) is 0 Å². The second-order valence-corrected chi connectivity index (χ2v) is 17.4. The molecule has 6 heteroatoms. The Labute approximate surface area is 389 Å². The summed E-state index contributed by atoms with van der Waals surface area (Å²) in [6, 6.07) is 0. The van der Waals surface area contributed by atoms with E-state index in [1.54, 1.807) is 0 Å². The van der Waals surface area contributed by atoms with E-state index in [0.717, 1.165) is 83.5 Å². The Balaban J connectivity index is 4.42. The normalized spacial score (nSPS) is 12.6. The summed E-state index contributed by atoms with van der Waals surface area (Å²) in [5.74, 6) is -0.945. The largest absolute Gasteiger partial charge is 0.462 e. The fraction of sp³-hybridized carbons (Fsp3) is 0.737. The van der Waals surface area contributed by atoms with Gasteiger partial charge in [-0.25, -0.2) is 0 Å². The highest BCUT2D eigenvalue weighted by molar-refractivity contribution is 5.71. The number of carbonyl (C=O) groups excluding carboxylic acids is 3. The summed E-state index contributed by atoms with van der Waals surface area (Å²) in [6.07, 6.45) is 64.6. The number of hydrogen-bond donors (Lipinski definition) is 0. The van der Waals surface area contributed by atoms with Crippen molar-refractivity contribution in [3.8, 4) is 0 Å². The monoisotopic (exact) mass is 879 g/mol. The first-order chi connectivity index (χ1) is 31.0. The van der Waals surface area contributed by atoms with Crippen molar-refractivity contribution in [3.05, 3.63) is 72.9 Å². The topological polar surface area (TPSA) is 78.9 Å². The molecule has 63 heavy (non-hydrogen) atoms. The Morgan fingerprint density at radius 3 is 0.984 bits per heavy atom. The van der Waals surface area contributed by atoms with Crippen LogP contribution in [0.2, 0.25) is 0 Å². The Hall–Kier alpha value is -3.15. The molecule has 0 aromatic heterocycles. The van der Waals surface area contributed by atoms with Crippen molar-refractivity contribution in [3.63, 3.8) is 0 Å². The molecule has 0 heterocycles. The summed E-state index contributed by atoms with van der Waals surface area (Å²) < 4.78 is 16.8. The maximum absolute atomic E-state index is 12.8. The third kappa shape index (κ3) is 49.7. The Morgan fingerprint density at radius 1 is 0.317 bits per heavy atom.